The van der Waals surface area contributed by atoms with Crippen molar-refractivity contribution in [3.05, 3.63) is 29.8 Å². The maximum absolute atomic E-state index is 11.0. The van der Waals surface area contributed by atoms with Crippen LogP contribution in [-0.4, -0.2) is 12.6 Å². The van der Waals surface area contributed by atoms with E-state index in [2.05, 4.69) is 5.32 Å². The summed E-state index contributed by atoms with van der Waals surface area (Å²) < 4.78 is 5.12. The van der Waals surface area contributed by atoms with Crippen molar-refractivity contribution < 1.29 is 9.53 Å². The number of nitrogen functional groups attached to an aromatic ring is 1. The molecule has 74 valence electrons. The Morgan fingerprint density at radius 2 is 2.07 bits per heavy atom. The van der Waals surface area contributed by atoms with E-state index in [-0.39, 0.29) is 12.2 Å². The third kappa shape index (κ3) is 1.79. The molecular formula is C10H12N2O2. The first kappa shape index (κ1) is 8.87. The van der Waals surface area contributed by atoms with Crippen molar-refractivity contribution in [2.24, 2.45) is 0 Å². The Bertz CT molecular complexity index is 334. The van der Waals surface area contributed by atoms with E-state index in [9.17, 15) is 4.79 Å². The second kappa shape index (κ2) is 3.57. The first-order chi connectivity index (χ1) is 6.75. The van der Waals surface area contributed by atoms with E-state index in [1.165, 1.54) is 0 Å². The minimum absolute atomic E-state index is 0.135. The summed E-state index contributed by atoms with van der Waals surface area (Å²) in [6.45, 7) is 0.661. The smallest absolute Gasteiger partial charge is 0.407 e. The van der Waals surface area contributed by atoms with Gasteiger partial charge in [-0.05, 0) is 17.7 Å². The molecule has 1 atom stereocenters. The molecule has 2 rings (SSSR count). The summed E-state index contributed by atoms with van der Waals surface area (Å²) in [5, 5.41) is 2.61. The Labute approximate surface area is 82.1 Å². The molecule has 0 aromatic heterocycles. The van der Waals surface area contributed by atoms with Gasteiger partial charge < -0.3 is 15.8 Å². The molecule has 0 bridgehead atoms. The second-order valence-electron chi connectivity index (χ2n) is 3.28. The van der Waals surface area contributed by atoms with Crippen molar-refractivity contribution in [2.45, 2.75) is 12.5 Å². The number of alkyl carbamates (subject to hydrolysis) is 1. The Kier molecular flexibility index (Phi) is 2.26. The number of carbonyl (C=O) groups is 1. The summed E-state index contributed by atoms with van der Waals surface area (Å²) >= 11 is 0. The third-order valence-electron chi connectivity index (χ3n) is 2.23. The van der Waals surface area contributed by atoms with E-state index in [0.717, 1.165) is 12.0 Å². The molecule has 1 saturated heterocycles. The van der Waals surface area contributed by atoms with Gasteiger partial charge >= 0.3 is 6.09 Å². The number of nitrogens with one attached hydrogen (secondary N) is 1. The van der Waals surface area contributed by atoms with Gasteiger partial charge in [-0.15, -0.1) is 0 Å². The molecule has 1 aliphatic rings. The van der Waals surface area contributed by atoms with Gasteiger partial charge in [0.1, 0.15) is 6.10 Å². The van der Waals surface area contributed by atoms with Gasteiger partial charge in [0, 0.05) is 18.7 Å². The molecule has 1 aromatic rings. The number of anilines is 1. The number of nitrogens with two attached hydrogens (primary N) is 1. The topological polar surface area (TPSA) is 64.3 Å². The van der Waals surface area contributed by atoms with Crippen LogP contribution in [0.4, 0.5) is 10.5 Å². The van der Waals surface area contributed by atoms with Crippen LogP contribution in [0.2, 0.25) is 0 Å². The molecule has 4 heteroatoms. The molecule has 1 aliphatic heterocycles. The lowest BCUT2D eigenvalue weighted by Gasteiger charge is -2.23. The number of hydrogen-bond donors (Lipinski definition) is 2. The van der Waals surface area contributed by atoms with Crippen molar-refractivity contribution in [3.8, 4) is 0 Å². The average Bonchev–Trinajstić information content (AvgIpc) is 2.19. The predicted molar refractivity (Wildman–Crippen MR) is 52.7 cm³/mol. The standard InChI is InChI=1S/C10H12N2O2/c11-8-3-1-7(2-4-8)9-5-6-12-10(13)14-9/h1-4,9H,5-6,11H2,(H,12,13). The zero-order valence-electron chi connectivity index (χ0n) is 7.69. The van der Waals surface area contributed by atoms with Gasteiger partial charge in [-0.1, -0.05) is 12.1 Å². The molecule has 1 heterocycles. The largest absolute Gasteiger partial charge is 0.441 e. The van der Waals surface area contributed by atoms with Gasteiger partial charge in [0.15, 0.2) is 0 Å². The SMILES string of the molecule is Nc1ccc(C2CCNC(=O)O2)cc1. The van der Waals surface area contributed by atoms with Gasteiger partial charge in [0.2, 0.25) is 0 Å². The lowest BCUT2D eigenvalue weighted by Crippen LogP contribution is -2.33. The molecule has 3 N–H and O–H groups in total. The van der Waals surface area contributed by atoms with E-state index in [1.54, 1.807) is 0 Å². The van der Waals surface area contributed by atoms with E-state index < -0.39 is 0 Å². The fraction of sp³-hybridized carbons (Fsp3) is 0.300. The molecule has 1 amide bonds. The summed E-state index contributed by atoms with van der Waals surface area (Å²) in [5.74, 6) is 0. The van der Waals surface area contributed by atoms with Crippen LogP contribution in [-0.2, 0) is 4.74 Å². The van der Waals surface area contributed by atoms with Crippen LogP contribution in [0.15, 0.2) is 24.3 Å². The number of amides is 1. The molecule has 0 saturated carbocycles. The molecule has 4 nitrogen and oxygen atoms in total. The second-order valence-corrected chi connectivity index (χ2v) is 3.28. The summed E-state index contributed by atoms with van der Waals surface area (Å²) in [6.07, 6.45) is 0.317. The van der Waals surface area contributed by atoms with Crippen LogP contribution in [0.1, 0.15) is 18.1 Å². The summed E-state index contributed by atoms with van der Waals surface area (Å²) in [7, 11) is 0. The van der Waals surface area contributed by atoms with Gasteiger partial charge in [0.25, 0.3) is 0 Å². The molecule has 1 aromatic carbocycles. The van der Waals surface area contributed by atoms with Crippen molar-refractivity contribution in [2.75, 3.05) is 12.3 Å². The van der Waals surface area contributed by atoms with Crippen LogP contribution >= 0.6 is 0 Å². The van der Waals surface area contributed by atoms with E-state index in [1.807, 2.05) is 24.3 Å². The minimum Gasteiger partial charge on any atom is -0.441 e. The van der Waals surface area contributed by atoms with Gasteiger partial charge in [0.05, 0.1) is 0 Å². The molecule has 0 radical (unpaired) electrons. The molecule has 1 unspecified atom stereocenters. The molecule has 14 heavy (non-hydrogen) atoms. The van der Waals surface area contributed by atoms with Gasteiger partial charge in [-0.25, -0.2) is 4.79 Å². The predicted octanol–water partition coefficient (Wildman–Crippen LogP) is 1.44. The number of carbonyl (C=O) groups excluding carboxylic acids is 1. The third-order valence-corrected chi connectivity index (χ3v) is 2.23. The first-order valence-corrected chi connectivity index (χ1v) is 4.55. The highest BCUT2D eigenvalue weighted by Crippen LogP contribution is 2.23. The van der Waals surface area contributed by atoms with Crippen LogP contribution in [0.25, 0.3) is 0 Å². The average molecular weight is 192 g/mol. The van der Waals surface area contributed by atoms with Crippen LogP contribution < -0.4 is 11.1 Å². The Morgan fingerprint density at radius 1 is 1.36 bits per heavy atom. The minimum atomic E-state index is -0.349. The number of ether oxygens (including phenoxy) is 1. The lowest BCUT2D eigenvalue weighted by molar-refractivity contribution is 0.0739. The summed E-state index contributed by atoms with van der Waals surface area (Å²) in [5.41, 5.74) is 7.27. The van der Waals surface area contributed by atoms with E-state index in [0.29, 0.717) is 12.2 Å². The molecular weight excluding hydrogens is 180 g/mol. The highest BCUT2D eigenvalue weighted by atomic mass is 16.6. The number of hydrogen-bond acceptors (Lipinski definition) is 3. The van der Waals surface area contributed by atoms with Crippen molar-refractivity contribution in [1.29, 1.82) is 0 Å². The molecule has 1 fully saturated rings. The van der Waals surface area contributed by atoms with Crippen molar-refractivity contribution in [3.63, 3.8) is 0 Å². The summed E-state index contributed by atoms with van der Waals surface area (Å²) in [6, 6.07) is 7.40. The summed E-state index contributed by atoms with van der Waals surface area (Å²) in [4.78, 5) is 11.0. The highest BCUT2D eigenvalue weighted by molar-refractivity contribution is 5.68. The fourth-order valence-corrected chi connectivity index (χ4v) is 1.48. The fourth-order valence-electron chi connectivity index (χ4n) is 1.48. The first-order valence-electron chi connectivity index (χ1n) is 4.55. The number of rotatable bonds is 1. The maximum atomic E-state index is 11.0. The maximum Gasteiger partial charge on any atom is 0.407 e. The van der Waals surface area contributed by atoms with Gasteiger partial charge in [-0.3, -0.25) is 0 Å². The van der Waals surface area contributed by atoms with Crippen LogP contribution in [0.5, 0.6) is 0 Å². The Hall–Kier alpha value is -1.71. The van der Waals surface area contributed by atoms with Gasteiger partial charge in [-0.2, -0.15) is 0 Å². The van der Waals surface area contributed by atoms with Crippen molar-refractivity contribution >= 4 is 11.8 Å². The number of benzene rings is 1. The van der Waals surface area contributed by atoms with E-state index in [4.69, 9.17) is 10.5 Å². The van der Waals surface area contributed by atoms with Crippen molar-refractivity contribution in [1.82, 2.24) is 5.32 Å². The Morgan fingerprint density at radius 3 is 2.71 bits per heavy atom. The zero-order valence-corrected chi connectivity index (χ0v) is 7.69. The normalized spacial score (nSPS) is 21.1. The quantitative estimate of drug-likeness (QED) is 0.662. The number of cyclic esters (lactones) is 1. The van der Waals surface area contributed by atoms with E-state index >= 15 is 0 Å². The van der Waals surface area contributed by atoms with Crippen LogP contribution in [0, 0.1) is 0 Å². The highest BCUT2D eigenvalue weighted by Gasteiger charge is 2.20. The Balaban J connectivity index is 2.14. The van der Waals surface area contributed by atoms with Crippen LogP contribution in [0.3, 0.4) is 0 Å². The lowest BCUT2D eigenvalue weighted by atomic mass is 10.1. The monoisotopic (exact) mass is 192 g/mol. The molecule has 0 aliphatic carbocycles. The molecule has 0 spiro atoms. The zero-order chi connectivity index (χ0) is 9.97.